The molecule has 0 aliphatic carbocycles. The lowest BCUT2D eigenvalue weighted by Gasteiger charge is -2.30. The van der Waals surface area contributed by atoms with Crippen LogP contribution in [0, 0.1) is 11.1 Å². The standard InChI is InChI=1S/C7H17NO/c1-5-8(9)7(4)6(2)3/h6-8H,5H2,1-4H3. The molecule has 9 heavy (non-hydrogen) atoms. The first kappa shape index (κ1) is 8.92. The molecule has 0 rings (SSSR count). The van der Waals surface area contributed by atoms with Gasteiger partial charge in [-0.05, 0) is 13.8 Å². The highest BCUT2D eigenvalue weighted by atomic mass is 16.5. The van der Waals surface area contributed by atoms with Crippen molar-refractivity contribution in [2.24, 2.45) is 5.92 Å². The number of nitrogens with one attached hydrogen (secondary N) is 1. The predicted octanol–water partition coefficient (Wildman–Crippen LogP) is 0.433. The molecule has 2 heteroatoms. The zero-order valence-corrected chi connectivity index (χ0v) is 6.77. The first-order valence-corrected chi connectivity index (χ1v) is 3.62. The van der Waals surface area contributed by atoms with Crippen molar-refractivity contribution in [3.8, 4) is 0 Å². The van der Waals surface area contributed by atoms with E-state index in [0.29, 0.717) is 17.5 Å². The third kappa shape index (κ3) is 2.82. The summed E-state index contributed by atoms with van der Waals surface area (Å²) in [5.41, 5.74) is 0. The molecule has 2 atom stereocenters. The smallest absolute Gasteiger partial charge is 0.0866 e. The maximum atomic E-state index is 11.0. The molecule has 0 fully saturated rings. The minimum atomic E-state index is 0.245. The van der Waals surface area contributed by atoms with Gasteiger partial charge < -0.3 is 10.3 Å². The molecule has 0 spiro atoms. The second-order valence-corrected chi connectivity index (χ2v) is 2.85. The molecule has 0 amide bonds. The molecule has 56 valence electrons. The van der Waals surface area contributed by atoms with Gasteiger partial charge in [0.25, 0.3) is 0 Å². The minimum absolute atomic E-state index is 0.245. The topological polar surface area (TPSA) is 27.5 Å². The van der Waals surface area contributed by atoms with E-state index in [4.69, 9.17) is 0 Å². The number of rotatable bonds is 3. The fourth-order valence-corrected chi connectivity index (χ4v) is 0.694. The van der Waals surface area contributed by atoms with Gasteiger partial charge in [0, 0.05) is 5.92 Å². The number of hydroxylamine groups is 2. The summed E-state index contributed by atoms with van der Waals surface area (Å²) in [4.78, 5) is 0. The first-order valence-electron chi connectivity index (χ1n) is 3.62. The van der Waals surface area contributed by atoms with E-state index in [2.05, 4.69) is 13.8 Å². The van der Waals surface area contributed by atoms with E-state index in [0.717, 1.165) is 0 Å². The Kier molecular flexibility index (Phi) is 3.82. The van der Waals surface area contributed by atoms with Crippen LogP contribution < -0.4 is 5.06 Å². The van der Waals surface area contributed by atoms with Gasteiger partial charge in [-0.3, -0.25) is 0 Å². The van der Waals surface area contributed by atoms with E-state index >= 15 is 0 Å². The average molecular weight is 131 g/mol. The number of quaternary nitrogens is 1. The fourth-order valence-electron chi connectivity index (χ4n) is 0.694. The van der Waals surface area contributed by atoms with E-state index in [1.165, 1.54) is 0 Å². The van der Waals surface area contributed by atoms with Crippen LogP contribution in [0.1, 0.15) is 27.7 Å². The lowest BCUT2D eigenvalue weighted by atomic mass is 10.1. The van der Waals surface area contributed by atoms with Gasteiger partial charge in [0.1, 0.15) is 0 Å². The van der Waals surface area contributed by atoms with Crippen LogP contribution in [0.2, 0.25) is 0 Å². The Morgan fingerprint density at radius 3 is 1.89 bits per heavy atom. The largest absolute Gasteiger partial charge is 0.634 e. The summed E-state index contributed by atoms with van der Waals surface area (Å²) in [6.07, 6.45) is 0. The Balaban J connectivity index is 3.58. The van der Waals surface area contributed by atoms with Gasteiger partial charge in [0.05, 0.1) is 12.6 Å². The average Bonchev–Trinajstić information content (AvgIpc) is 1.84. The van der Waals surface area contributed by atoms with Crippen LogP contribution in [-0.4, -0.2) is 12.6 Å². The van der Waals surface area contributed by atoms with Gasteiger partial charge in [-0.15, -0.1) is 0 Å². The molecule has 1 N–H and O–H groups in total. The molecule has 0 saturated heterocycles. The van der Waals surface area contributed by atoms with Crippen LogP contribution >= 0.6 is 0 Å². The van der Waals surface area contributed by atoms with Crippen LogP contribution in [0.3, 0.4) is 0 Å². The molecule has 0 aliphatic rings. The molecule has 2 nitrogen and oxygen atoms in total. The Morgan fingerprint density at radius 2 is 1.78 bits per heavy atom. The van der Waals surface area contributed by atoms with Crippen molar-refractivity contribution in [1.29, 1.82) is 0 Å². The second kappa shape index (κ2) is 3.85. The molecular formula is C7H17NO. The Labute approximate surface area is 57.4 Å². The maximum absolute atomic E-state index is 11.0. The monoisotopic (exact) mass is 131 g/mol. The van der Waals surface area contributed by atoms with Crippen molar-refractivity contribution in [3.63, 3.8) is 0 Å². The van der Waals surface area contributed by atoms with Crippen molar-refractivity contribution in [3.05, 3.63) is 5.21 Å². The summed E-state index contributed by atoms with van der Waals surface area (Å²) in [5, 5.41) is 11.3. The molecule has 0 bridgehead atoms. The molecule has 0 saturated carbocycles. The highest BCUT2D eigenvalue weighted by Gasteiger charge is 2.10. The van der Waals surface area contributed by atoms with Gasteiger partial charge in [-0.2, -0.15) is 0 Å². The zero-order valence-electron chi connectivity index (χ0n) is 6.77. The molecule has 0 aliphatic heterocycles. The predicted molar refractivity (Wildman–Crippen MR) is 39.2 cm³/mol. The normalized spacial score (nSPS) is 18.0. The lowest BCUT2D eigenvalue weighted by Crippen LogP contribution is -3.11. The Morgan fingerprint density at radius 1 is 1.33 bits per heavy atom. The van der Waals surface area contributed by atoms with Gasteiger partial charge in [0.15, 0.2) is 0 Å². The zero-order chi connectivity index (χ0) is 7.44. The van der Waals surface area contributed by atoms with Crippen molar-refractivity contribution >= 4 is 0 Å². The quantitative estimate of drug-likeness (QED) is 0.553. The third-order valence-electron chi connectivity index (χ3n) is 1.86. The van der Waals surface area contributed by atoms with E-state index in [-0.39, 0.29) is 6.04 Å². The van der Waals surface area contributed by atoms with Gasteiger partial charge >= 0.3 is 0 Å². The lowest BCUT2D eigenvalue weighted by molar-refractivity contribution is -0.875. The number of hydrogen-bond acceptors (Lipinski definition) is 1. The van der Waals surface area contributed by atoms with Crippen molar-refractivity contribution in [2.45, 2.75) is 33.7 Å². The first-order chi connectivity index (χ1) is 4.09. The van der Waals surface area contributed by atoms with Crippen LogP contribution in [-0.2, 0) is 0 Å². The van der Waals surface area contributed by atoms with E-state index in [9.17, 15) is 5.21 Å². The Hall–Kier alpha value is -0.0800. The number of hydrogen-bond donors (Lipinski definition) is 1. The maximum Gasteiger partial charge on any atom is 0.0866 e. The van der Waals surface area contributed by atoms with Crippen molar-refractivity contribution < 1.29 is 5.06 Å². The van der Waals surface area contributed by atoms with Crippen molar-refractivity contribution in [1.82, 2.24) is 0 Å². The molecule has 0 radical (unpaired) electrons. The SMILES string of the molecule is CC[NH+]([O-])C(C)C(C)C. The highest BCUT2D eigenvalue weighted by molar-refractivity contribution is 4.51. The van der Waals surface area contributed by atoms with Crippen LogP contribution in [0.4, 0.5) is 0 Å². The molecule has 0 heterocycles. The van der Waals surface area contributed by atoms with Crippen molar-refractivity contribution in [2.75, 3.05) is 6.54 Å². The fraction of sp³-hybridized carbons (Fsp3) is 1.00. The third-order valence-corrected chi connectivity index (χ3v) is 1.86. The minimum Gasteiger partial charge on any atom is -0.634 e. The second-order valence-electron chi connectivity index (χ2n) is 2.85. The van der Waals surface area contributed by atoms with Gasteiger partial charge in [0.2, 0.25) is 0 Å². The summed E-state index contributed by atoms with van der Waals surface area (Å²) in [6.45, 7) is 8.76. The summed E-state index contributed by atoms with van der Waals surface area (Å²) < 4.78 is 0. The summed E-state index contributed by atoms with van der Waals surface area (Å²) in [7, 11) is 0. The summed E-state index contributed by atoms with van der Waals surface area (Å²) in [5.74, 6) is 0.498. The Bertz CT molecular complexity index is 73.3. The molecule has 0 aromatic carbocycles. The van der Waals surface area contributed by atoms with Crippen LogP contribution in [0.25, 0.3) is 0 Å². The summed E-state index contributed by atoms with van der Waals surface area (Å²) >= 11 is 0. The van der Waals surface area contributed by atoms with E-state index < -0.39 is 0 Å². The molecular weight excluding hydrogens is 114 g/mol. The van der Waals surface area contributed by atoms with E-state index in [1.54, 1.807) is 0 Å². The molecule has 2 unspecified atom stereocenters. The van der Waals surface area contributed by atoms with E-state index in [1.807, 2.05) is 13.8 Å². The van der Waals surface area contributed by atoms with Crippen LogP contribution in [0.5, 0.6) is 0 Å². The van der Waals surface area contributed by atoms with Gasteiger partial charge in [-0.25, -0.2) is 0 Å². The highest BCUT2D eigenvalue weighted by Crippen LogP contribution is 1.94. The summed E-state index contributed by atoms with van der Waals surface area (Å²) in [6, 6.07) is 0.245. The molecule has 0 aromatic heterocycles. The van der Waals surface area contributed by atoms with Gasteiger partial charge in [-0.1, -0.05) is 13.8 Å². The molecule has 0 aromatic rings. The van der Waals surface area contributed by atoms with Crippen LogP contribution in [0.15, 0.2) is 0 Å².